The minimum Gasteiger partial charge on any atom is -0.289 e. The molecular weight excluding hydrogens is 352 g/mol. The Morgan fingerprint density at radius 2 is 1.77 bits per heavy atom. The number of rotatable bonds is 4. The average molecular weight is 363 g/mol. The van der Waals surface area contributed by atoms with E-state index in [0.717, 1.165) is 3.93 Å². The topological polar surface area (TPSA) is 80.5 Å². The predicted molar refractivity (Wildman–Crippen MR) is 85.1 cm³/mol. The Hall–Kier alpha value is -2.54. The van der Waals surface area contributed by atoms with Gasteiger partial charge in [0, 0.05) is 24.6 Å². The standard InChI is InChI=1S/C15H11BrN2O4/c1-10(19)17(16)14-8-7-12(18(21)22)9-13(14)15(20)11-5-3-2-4-6-11/h2-9H,1H3. The van der Waals surface area contributed by atoms with E-state index in [9.17, 15) is 19.7 Å². The van der Waals surface area contributed by atoms with E-state index in [-0.39, 0.29) is 22.8 Å². The van der Waals surface area contributed by atoms with E-state index < -0.39 is 10.7 Å². The Bertz CT molecular complexity index is 746. The quantitative estimate of drug-likeness (QED) is 0.360. The van der Waals surface area contributed by atoms with Gasteiger partial charge in [0.2, 0.25) is 5.91 Å². The fourth-order valence-electron chi connectivity index (χ4n) is 1.91. The van der Waals surface area contributed by atoms with Crippen LogP contribution in [0.1, 0.15) is 22.8 Å². The van der Waals surface area contributed by atoms with Gasteiger partial charge in [0.15, 0.2) is 5.78 Å². The summed E-state index contributed by atoms with van der Waals surface area (Å²) in [6.07, 6.45) is 0. The first-order valence-electron chi connectivity index (χ1n) is 6.26. The van der Waals surface area contributed by atoms with Crippen LogP contribution in [-0.2, 0) is 4.79 Å². The van der Waals surface area contributed by atoms with Crippen LogP contribution in [-0.4, -0.2) is 16.6 Å². The van der Waals surface area contributed by atoms with E-state index in [1.807, 2.05) is 0 Å². The van der Waals surface area contributed by atoms with Crippen molar-refractivity contribution in [3.63, 3.8) is 0 Å². The van der Waals surface area contributed by atoms with E-state index >= 15 is 0 Å². The summed E-state index contributed by atoms with van der Waals surface area (Å²) in [6, 6.07) is 12.1. The summed E-state index contributed by atoms with van der Waals surface area (Å²) in [4.78, 5) is 34.4. The van der Waals surface area contributed by atoms with Gasteiger partial charge in [-0.3, -0.25) is 19.7 Å². The maximum atomic E-state index is 12.6. The summed E-state index contributed by atoms with van der Waals surface area (Å²) in [5.41, 5.74) is 0.501. The average Bonchev–Trinajstić information content (AvgIpc) is 2.53. The Kier molecular flexibility index (Phi) is 4.67. The van der Waals surface area contributed by atoms with Gasteiger partial charge < -0.3 is 0 Å². The highest BCUT2D eigenvalue weighted by Crippen LogP contribution is 2.29. The minimum absolute atomic E-state index is 0.0764. The summed E-state index contributed by atoms with van der Waals surface area (Å²) in [5.74, 6) is -0.749. The molecule has 0 aliphatic heterocycles. The van der Waals surface area contributed by atoms with E-state index in [0.29, 0.717) is 5.56 Å². The van der Waals surface area contributed by atoms with Gasteiger partial charge in [-0.1, -0.05) is 30.3 Å². The molecule has 0 saturated heterocycles. The predicted octanol–water partition coefficient (Wildman–Crippen LogP) is 3.49. The molecule has 2 aromatic rings. The molecule has 0 spiro atoms. The normalized spacial score (nSPS) is 10.1. The number of ketones is 1. The molecule has 0 bridgehead atoms. The van der Waals surface area contributed by atoms with Crippen LogP contribution in [0.5, 0.6) is 0 Å². The highest BCUT2D eigenvalue weighted by molar-refractivity contribution is 9.10. The summed E-state index contributed by atoms with van der Waals surface area (Å²) >= 11 is 3.07. The van der Waals surface area contributed by atoms with Crippen molar-refractivity contribution in [2.45, 2.75) is 6.92 Å². The second-order valence-electron chi connectivity index (χ2n) is 4.45. The first kappa shape index (κ1) is 15.8. The van der Waals surface area contributed by atoms with Crippen molar-refractivity contribution in [1.82, 2.24) is 0 Å². The molecule has 112 valence electrons. The van der Waals surface area contributed by atoms with Gasteiger partial charge >= 0.3 is 0 Å². The fourth-order valence-corrected chi connectivity index (χ4v) is 2.21. The molecule has 0 aromatic heterocycles. The molecule has 0 N–H and O–H groups in total. The number of carbonyl (C=O) groups excluding carboxylic acids is 2. The number of halogens is 1. The minimum atomic E-state index is -0.585. The summed E-state index contributed by atoms with van der Waals surface area (Å²) in [5, 5.41) is 10.9. The van der Waals surface area contributed by atoms with Gasteiger partial charge in [-0.05, 0) is 6.07 Å². The lowest BCUT2D eigenvalue weighted by molar-refractivity contribution is -0.384. The number of carbonyl (C=O) groups is 2. The highest BCUT2D eigenvalue weighted by Gasteiger charge is 2.22. The Labute approximate surface area is 134 Å². The van der Waals surface area contributed by atoms with E-state index in [1.165, 1.54) is 25.1 Å². The van der Waals surface area contributed by atoms with Crippen molar-refractivity contribution >= 4 is 39.2 Å². The van der Waals surface area contributed by atoms with Crippen LogP contribution in [0.2, 0.25) is 0 Å². The Morgan fingerprint density at radius 1 is 1.14 bits per heavy atom. The molecule has 22 heavy (non-hydrogen) atoms. The molecule has 7 heteroatoms. The zero-order valence-corrected chi connectivity index (χ0v) is 13.1. The number of benzene rings is 2. The third-order valence-corrected chi connectivity index (χ3v) is 3.84. The second kappa shape index (κ2) is 6.48. The molecule has 6 nitrogen and oxygen atoms in total. The molecule has 0 saturated carbocycles. The number of hydrogen-bond acceptors (Lipinski definition) is 4. The highest BCUT2D eigenvalue weighted by atomic mass is 79.9. The first-order chi connectivity index (χ1) is 10.4. The maximum absolute atomic E-state index is 12.6. The Balaban J connectivity index is 2.59. The number of nitro benzene ring substituents is 1. The molecule has 2 rings (SSSR count). The first-order valence-corrected chi connectivity index (χ1v) is 6.97. The van der Waals surface area contributed by atoms with Crippen LogP contribution < -0.4 is 3.93 Å². The van der Waals surface area contributed by atoms with Crippen LogP contribution in [0.25, 0.3) is 0 Å². The third kappa shape index (κ3) is 3.20. The number of nitrogens with zero attached hydrogens (tertiary/aromatic N) is 2. The van der Waals surface area contributed by atoms with E-state index in [2.05, 4.69) is 16.1 Å². The smallest absolute Gasteiger partial charge is 0.270 e. The molecular formula is C15H11BrN2O4. The monoisotopic (exact) mass is 362 g/mol. The third-order valence-electron chi connectivity index (χ3n) is 2.96. The molecule has 0 unspecified atom stereocenters. The van der Waals surface area contributed by atoms with Gasteiger partial charge in [-0.25, -0.2) is 3.93 Å². The van der Waals surface area contributed by atoms with E-state index in [4.69, 9.17) is 0 Å². The molecule has 0 aliphatic rings. The summed E-state index contributed by atoms with van der Waals surface area (Å²) in [7, 11) is 0. The number of amides is 1. The van der Waals surface area contributed by atoms with Gasteiger partial charge in [-0.15, -0.1) is 0 Å². The molecule has 0 heterocycles. The molecule has 1 amide bonds. The lowest BCUT2D eigenvalue weighted by Gasteiger charge is -2.16. The Morgan fingerprint density at radius 3 is 2.32 bits per heavy atom. The largest absolute Gasteiger partial charge is 0.289 e. The number of non-ortho nitro benzene ring substituents is 1. The van der Waals surface area contributed by atoms with Crippen LogP contribution >= 0.6 is 16.1 Å². The molecule has 2 aromatic carbocycles. The molecule has 0 radical (unpaired) electrons. The molecule has 0 aliphatic carbocycles. The zero-order valence-electron chi connectivity index (χ0n) is 11.5. The number of hydrogen-bond donors (Lipinski definition) is 0. The summed E-state index contributed by atoms with van der Waals surface area (Å²) in [6.45, 7) is 1.31. The zero-order chi connectivity index (χ0) is 16.3. The molecule has 0 fully saturated rings. The lowest BCUT2D eigenvalue weighted by Crippen LogP contribution is -2.19. The number of nitro groups is 1. The molecule has 0 atom stereocenters. The maximum Gasteiger partial charge on any atom is 0.270 e. The van der Waals surface area contributed by atoms with Crippen molar-refractivity contribution < 1.29 is 14.5 Å². The van der Waals surface area contributed by atoms with Crippen LogP contribution in [0, 0.1) is 10.1 Å². The number of anilines is 1. The summed E-state index contributed by atoms with van der Waals surface area (Å²) < 4.78 is 1.10. The van der Waals surface area contributed by atoms with Crippen molar-refractivity contribution in [3.05, 3.63) is 69.8 Å². The van der Waals surface area contributed by atoms with Crippen molar-refractivity contribution in [2.75, 3.05) is 3.93 Å². The van der Waals surface area contributed by atoms with Gasteiger partial charge in [0.05, 0.1) is 32.3 Å². The SMILES string of the molecule is CC(=O)N(Br)c1ccc([N+](=O)[O-])cc1C(=O)c1ccccc1. The fraction of sp³-hybridized carbons (Fsp3) is 0.0667. The van der Waals surface area contributed by atoms with Gasteiger partial charge in [0.25, 0.3) is 5.69 Å². The van der Waals surface area contributed by atoms with Crippen LogP contribution in [0.3, 0.4) is 0 Å². The lowest BCUT2D eigenvalue weighted by atomic mass is 10.0. The van der Waals surface area contributed by atoms with Crippen molar-refractivity contribution in [2.24, 2.45) is 0 Å². The van der Waals surface area contributed by atoms with E-state index in [1.54, 1.807) is 30.3 Å². The van der Waals surface area contributed by atoms with Crippen LogP contribution in [0.15, 0.2) is 48.5 Å². The van der Waals surface area contributed by atoms with Gasteiger partial charge in [0.1, 0.15) is 0 Å². The van der Waals surface area contributed by atoms with Crippen molar-refractivity contribution in [3.8, 4) is 0 Å². The second-order valence-corrected chi connectivity index (χ2v) is 5.16. The van der Waals surface area contributed by atoms with Crippen molar-refractivity contribution in [1.29, 1.82) is 0 Å². The van der Waals surface area contributed by atoms with Gasteiger partial charge in [-0.2, -0.15) is 0 Å². The van der Waals surface area contributed by atoms with Crippen LogP contribution in [0.4, 0.5) is 11.4 Å².